The summed E-state index contributed by atoms with van der Waals surface area (Å²) in [6.45, 7) is 4.07. The summed E-state index contributed by atoms with van der Waals surface area (Å²) < 4.78 is 0. The largest absolute Gasteiger partial charge is 0.323 e. The van der Waals surface area contributed by atoms with E-state index in [1.165, 1.54) is 16.3 Å². The van der Waals surface area contributed by atoms with Crippen LogP contribution in [0.4, 0.5) is 0 Å². The van der Waals surface area contributed by atoms with E-state index in [1.54, 1.807) is 0 Å². The topological polar surface area (TPSA) is 38.9 Å². The fraction of sp³-hybridized carbons (Fsp3) is 0.250. The number of aromatic nitrogens is 1. The molecule has 1 heterocycles. The molecular weight excluding hydrogens is 172 g/mol. The Morgan fingerprint density at radius 2 is 2.00 bits per heavy atom. The number of hydrogen-bond donors (Lipinski definition) is 1. The highest BCUT2D eigenvalue weighted by molar-refractivity contribution is 5.87. The minimum atomic E-state index is -0.0134. The minimum Gasteiger partial charge on any atom is -0.323 e. The molecule has 1 atom stereocenters. The van der Waals surface area contributed by atoms with Crippen LogP contribution >= 0.6 is 0 Å². The Hall–Kier alpha value is -1.41. The first-order chi connectivity index (χ1) is 6.70. The Morgan fingerprint density at radius 1 is 1.21 bits per heavy atom. The zero-order valence-corrected chi connectivity index (χ0v) is 8.49. The first-order valence-corrected chi connectivity index (χ1v) is 4.80. The molecule has 0 amide bonds. The van der Waals surface area contributed by atoms with Gasteiger partial charge in [0.2, 0.25) is 0 Å². The van der Waals surface area contributed by atoms with Gasteiger partial charge in [0.25, 0.3) is 0 Å². The molecule has 0 radical (unpaired) electrons. The van der Waals surface area contributed by atoms with E-state index < -0.39 is 0 Å². The van der Waals surface area contributed by atoms with Crippen LogP contribution in [0.3, 0.4) is 0 Å². The molecule has 2 rings (SSSR count). The molecule has 2 aromatic rings. The van der Waals surface area contributed by atoms with Gasteiger partial charge in [0, 0.05) is 17.6 Å². The average molecular weight is 186 g/mol. The molecule has 1 aromatic carbocycles. The van der Waals surface area contributed by atoms with Crippen LogP contribution in [-0.4, -0.2) is 4.98 Å². The maximum atomic E-state index is 5.87. The molecule has 72 valence electrons. The van der Waals surface area contributed by atoms with Crippen molar-refractivity contribution in [2.75, 3.05) is 0 Å². The molecular formula is C12H14N2. The minimum absolute atomic E-state index is 0.0134. The molecule has 0 fully saturated rings. The molecule has 1 aromatic heterocycles. The summed E-state index contributed by atoms with van der Waals surface area (Å²) >= 11 is 0. The lowest BCUT2D eigenvalue weighted by Gasteiger charge is -2.09. The number of pyridine rings is 1. The van der Waals surface area contributed by atoms with Crippen molar-refractivity contribution in [1.29, 1.82) is 0 Å². The van der Waals surface area contributed by atoms with Gasteiger partial charge in [-0.25, -0.2) is 0 Å². The van der Waals surface area contributed by atoms with Crippen molar-refractivity contribution in [2.45, 2.75) is 19.9 Å². The second-order valence-corrected chi connectivity index (χ2v) is 3.65. The molecule has 2 N–H and O–H groups in total. The number of nitrogens with zero attached hydrogens (tertiary/aromatic N) is 1. The third-order valence-electron chi connectivity index (χ3n) is 2.49. The number of nitrogens with two attached hydrogens (primary N) is 1. The van der Waals surface area contributed by atoms with Crippen LogP contribution in [0.25, 0.3) is 10.8 Å². The highest BCUT2D eigenvalue weighted by Gasteiger charge is 2.06. The zero-order chi connectivity index (χ0) is 10.1. The molecule has 0 bridgehead atoms. The van der Waals surface area contributed by atoms with Crippen molar-refractivity contribution < 1.29 is 0 Å². The van der Waals surface area contributed by atoms with Gasteiger partial charge >= 0.3 is 0 Å². The average Bonchev–Trinajstić information content (AvgIpc) is 2.17. The number of aryl methyl sites for hydroxylation is 1. The van der Waals surface area contributed by atoms with E-state index in [1.807, 2.05) is 25.3 Å². The van der Waals surface area contributed by atoms with E-state index in [-0.39, 0.29) is 6.04 Å². The molecule has 0 saturated heterocycles. The normalized spacial score (nSPS) is 13.1. The molecule has 2 heteroatoms. The number of rotatable bonds is 1. The number of hydrogen-bond acceptors (Lipinski definition) is 2. The predicted molar refractivity (Wildman–Crippen MR) is 59.1 cm³/mol. The molecule has 1 unspecified atom stereocenters. The van der Waals surface area contributed by atoms with Gasteiger partial charge in [0.05, 0.1) is 5.69 Å². The summed E-state index contributed by atoms with van der Waals surface area (Å²) in [5.74, 6) is 0. The lowest BCUT2D eigenvalue weighted by molar-refractivity contribution is 0.791. The zero-order valence-electron chi connectivity index (χ0n) is 8.49. The Bertz CT molecular complexity index is 461. The second kappa shape index (κ2) is 3.39. The summed E-state index contributed by atoms with van der Waals surface area (Å²) in [5.41, 5.74) is 8.12. The van der Waals surface area contributed by atoms with Gasteiger partial charge in [-0.1, -0.05) is 18.2 Å². The third-order valence-corrected chi connectivity index (χ3v) is 2.49. The first-order valence-electron chi connectivity index (χ1n) is 4.80. The smallest absolute Gasteiger partial charge is 0.0646 e. The quantitative estimate of drug-likeness (QED) is 0.743. The second-order valence-electron chi connectivity index (χ2n) is 3.65. The molecule has 0 aliphatic rings. The summed E-state index contributed by atoms with van der Waals surface area (Å²) in [6.07, 6.45) is 1.83. The third kappa shape index (κ3) is 1.38. The van der Waals surface area contributed by atoms with Crippen molar-refractivity contribution in [3.8, 4) is 0 Å². The Kier molecular flexibility index (Phi) is 2.22. The van der Waals surface area contributed by atoms with Crippen molar-refractivity contribution >= 4 is 10.8 Å². The van der Waals surface area contributed by atoms with Gasteiger partial charge < -0.3 is 5.73 Å². The summed E-state index contributed by atoms with van der Waals surface area (Å²) in [6, 6.07) is 8.25. The highest BCUT2D eigenvalue weighted by atomic mass is 14.8. The van der Waals surface area contributed by atoms with Crippen molar-refractivity contribution in [1.82, 2.24) is 4.98 Å². The van der Waals surface area contributed by atoms with Crippen LogP contribution in [0, 0.1) is 6.92 Å². The van der Waals surface area contributed by atoms with E-state index in [2.05, 4.69) is 24.0 Å². The summed E-state index contributed by atoms with van der Waals surface area (Å²) in [7, 11) is 0. The lowest BCUT2D eigenvalue weighted by Crippen LogP contribution is -2.07. The maximum Gasteiger partial charge on any atom is 0.0646 e. The van der Waals surface area contributed by atoms with Gasteiger partial charge in [0.15, 0.2) is 0 Å². The van der Waals surface area contributed by atoms with E-state index in [0.717, 1.165) is 5.69 Å². The van der Waals surface area contributed by atoms with Crippen molar-refractivity contribution in [3.05, 3.63) is 41.7 Å². The highest BCUT2D eigenvalue weighted by Crippen LogP contribution is 2.23. The molecule has 0 saturated carbocycles. The van der Waals surface area contributed by atoms with Crippen molar-refractivity contribution in [2.24, 2.45) is 5.73 Å². The summed E-state index contributed by atoms with van der Waals surface area (Å²) in [5, 5.41) is 2.41. The summed E-state index contributed by atoms with van der Waals surface area (Å²) in [4.78, 5) is 4.32. The van der Waals surface area contributed by atoms with Crippen LogP contribution in [0.2, 0.25) is 0 Å². The molecule has 0 aliphatic heterocycles. The van der Waals surface area contributed by atoms with Gasteiger partial charge in [-0.05, 0) is 30.9 Å². The molecule has 0 aliphatic carbocycles. The van der Waals surface area contributed by atoms with Crippen LogP contribution in [0.1, 0.15) is 24.2 Å². The fourth-order valence-electron chi connectivity index (χ4n) is 1.75. The van der Waals surface area contributed by atoms with Gasteiger partial charge in [0.1, 0.15) is 0 Å². The van der Waals surface area contributed by atoms with Crippen LogP contribution in [0.5, 0.6) is 0 Å². The monoisotopic (exact) mass is 186 g/mol. The van der Waals surface area contributed by atoms with Gasteiger partial charge in [-0.3, -0.25) is 4.98 Å². The van der Waals surface area contributed by atoms with Crippen molar-refractivity contribution in [3.63, 3.8) is 0 Å². The van der Waals surface area contributed by atoms with Gasteiger partial charge in [-0.15, -0.1) is 0 Å². The molecule has 2 nitrogen and oxygen atoms in total. The Morgan fingerprint density at radius 3 is 2.71 bits per heavy atom. The van der Waals surface area contributed by atoms with E-state index >= 15 is 0 Å². The molecule has 0 spiro atoms. The van der Waals surface area contributed by atoms with Crippen LogP contribution < -0.4 is 5.73 Å². The lowest BCUT2D eigenvalue weighted by atomic mass is 10.0. The fourth-order valence-corrected chi connectivity index (χ4v) is 1.75. The SMILES string of the molecule is Cc1cccc2c(C(C)N)nccc12. The predicted octanol–water partition coefficient (Wildman–Crippen LogP) is 2.56. The standard InChI is InChI=1S/C12H14N2/c1-8-4-3-5-11-10(8)6-7-14-12(11)9(2)13/h3-7,9H,13H2,1-2H3. The number of fused-ring (bicyclic) bond motifs is 1. The Balaban J connectivity index is 2.81. The van der Waals surface area contributed by atoms with Crippen LogP contribution in [0.15, 0.2) is 30.5 Å². The first kappa shape index (κ1) is 9.16. The van der Waals surface area contributed by atoms with Gasteiger partial charge in [-0.2, -0.15) is 0 Å². The van der Waals surface area contributed by atoms with E-state index in [9.17, 15) is 0 Å². The maximum absolute atomic E-state index is 5.87. The Labute approximate surface area is 83.8 Å². The van der Waals surface area contributed by atoms with E-state index in [0.29, 0.717) is 0 Å². The van der Waals surface area contributed by atoms with E-state index in [4.69, 9.17) is 5.73 Å². The number of benzene rings is 1. The van der Waals surface area contributed by atoms with Crippen LogP contribution in [-0.2, 0) is 0 Å². The molecule has 14 heavy (non-hydrogen) atoms.